The van der Waals surface area contributed by atoms with Crippen LogP contribution in [0.1, 0.15) is 12.0 Å². The zero-order valence-corrected chi connectivity index (χ0v) is 8.64. The fourth-order valence-corrected chi connectivity index (χ4v) is 1.31. The number of nitrogens with two attached hydrogens (primary N) is 1. The van der Waals surface area contributed by atoms with Gasteiger partial charge in [-0.1, -0.05) is 12.1 Å². The van der Waals surface area contributed by atoms with Crippen molar-refractivity contribution in [2.45, 2.75) is 25.0 Å². The van der Waals surface area contributed by atoms with Crippen LogP contribution in [-0.2, 0) is 11.2 Å². The molecule has 0 aromatic heterocycles. The molecule has 0 saturated carbocycles. The number of aliphatic carboxylic acids is 1. The third kappa shape index (κ3) is 3.60. The Hall–Kier alpha value is -1.46. The normalized spacial score (nSPS) is 14.4. The van der Waals surface area contributed by atoms with Crippen LogP contribution in [0.2, 0.25) is 0 Å². The SMILES string of the molecule is NC(C(=O)O)C(O)CCc1ccc(F)cc1. The molecular weight excluding hydrogens is 213 g/mol. The van der Waals surface area contributed by atoms with E-state index in [0.29, 0.717) is 6.42 Å². The fraction of sp³-hybridized carbons (Fsp3) is 0.364. The lowest BCUT2D eigenvalue weighted by Gasteiger charge is -2.14. The molecule has 0 heterocycles. The van der Waals surface area contributed by atoms with Crippen LogP contribution in [0, 0.1) is 5.82 Å². The zero-order valence-electron chi connectivity index (χ0n) is 8.64. The molecule has 0 bridgehead atoms. The van der Waals surface area contributed by atoms with E-state index < -0.39 is 18.1 Å². The first kappa shape index (κ1) is 12.6. The molecule has 4 N–H and O–H groups in total. The van der Waals surface area contributed by atoms with E-state index in [9.17, 15) is 14.3 Å². The standard InChI is InChI=1S/C11H14FNO3/c12-8-4-1-7(2-5-8)3-6-9(14)10(13)11(15)16/h1-2,4-5,9-10,14H,3,6,13H2,(H,15,16). The van der Waals surface area contributed by atoms with Crippen LogP contribution >= 0.6 is 0 Å². The van der Waals surface area contributed by atoms with Crippen molar-refractivity contribution >= 4 is 5.97 Å². The lowest BCUT2D eigenvalue weighted by Crippen LogP contribution is -2.41. The van der Waals surface area contributed by atoms with E-state index in [4.69, 9.17) is 10.8 Å². The lowest BCUT2D eigenvalue weighted by atomic mass is 10.0. The van der Waals surface area contributed by atoms with E-state index in [1.165, 1.54) is 12.1 Å². The van der Waals surface area contributed by atoms with Gasteiger partial charge in [0.15, 0.2) is 0 Å². The maximum absolute atomic E-state index is 12.6. The number of rotatable bonds is 5. The van der Waals surface area contributed by atoms with E-state index in [1.807, 2.05) is 0 Å². The van der Waals surface area contributed by atoms with Gasteiger partial charge in [0.25, 0.3) is 0 Å². The zero-order chi connectivity index (χ0) is 12.1. The summed E-state index contributed by atoms with van der Waals surface area (Å²) in [7, 11) is 0. The number of carbonyl (C=O) groups is 1. The minimum absolute atomic E-state index is 0.235. The third-order valence-electron chi connectivity index (χ3n) is 2.34. The van der Waals surface area contributed by atoms with Crippen LogP contribution in [0.5, 0.6) is 0 Å². The summed E-state index contributed by atoms with van der Waals surface area (Å²) in [5, 5.41) is 18.0. The minimum Gasteiger partial charge on any atom is -0.480 e. The summed E-state index contributed by atoms with van der Waals surface area (Å²) >= 11 is 0. The summed E-state index contributed by atoms with van der Waals surface area (Å²) in [5.41, 5.74) is 6.07. The summed E-state index contributed by atoms with van der Waals surface area (Å²) in [6.45, 7) is 0. The molecule has 0 radical (unpaired) electrons. The average molecular weight is 227 g/mol. The summed E-state index contributed by atoms with van der Waals surface area (Å²) in [6, 6.07) is 4.54. The maximum Gasteiger partial charge on any atom is 0.323 e. The van der Waals surface area contributed by atoms with E-state index in [1.54, 1.807) is 12.1 Å². The molecule has 1 rings (SSSR count). The smallest absolute Gasteiger partial charge is 0.323 e. The summed E-state index contributed by atoms with van der Waals surface area (Å²) in [6.07, 6.45) is -0.399. The molecule has 2 unspecified atom stereocenters. The van der Waals surface area contributed by atoms with Crippen molar-refractivity contribution in [3.8, 4) is 0 Å². The lowest BCUT2D eigenvalue weighted by molar-refractivity contribution is -0.141. The van der Waals surface area contributed by atoms with Crippen LogP contribution in [-0.4, -0.2) is 28.3 Å². The first-order valence-electron chi connectivity index (χ1n) is 4.91. The van der Waals surface area contributed by atoms with Gasteiger partial charge in [-0.15, -0.1) is 0 Å². The van der Waals surface area contributed by atoms with E-state index in [-0.39, 0.29) is 12.2 Å². The number of halogens is 1. The Labute approximate surface area is 92.5 Å². The van der Waals surface area contributed by atoms with Crippen LogP contribution in [0.4, 0.5) is 4.39 Å². The molecule has 0 amide bonds. The van der Waals surface area contributed by atoms with Crippen LogP contribution in [0.3, 0.4) is 0 Å². The number of aliphatic hydroxyl groups excluding tert-OH is 1. The molecule has 16 heavy (non-hydrogen) atoms. The Morgan fingerprint density at radius 1 is 1.38 bits per heavy atom. The minimum atomic E-state index is -1.28. The maximum atomic E-state index is 12.6. The number of benzene rings is 1. The molecule has 1 aromatic rings. The van der Waals surface area contributed by atoms with Gasteiger partial charge >= 0.3 is 5.97 Å². The first-order chi connectivity index (χ1) is 7.50. The highest BCUT2D eigenvalue weighted by molar-refractivity contribution is 5.73. The largest absolute Gasteiger partial charge is 0.480 e. The molecular formula is C11H14FNO3. The Kier molecular flexibility index (Phi) is 4.39. The number of aryl methyl sites for hydroxylation is 1. The van der Waals surface area contributed by atoms with Gasteiger partial charge in [0, 0.05) is 0 Å². The highest BCUT2D eigenvalue weighted by Crippen LogP contribution is 2.08. The molecule has 0 saturated heterocycles. The summed E-state index contributed by atoms with van der Waals surface area (Å²) in [5.74, 6) is -1.56. The molecule has 2 atom stereocenters. The van der Waals surface area contributed by atoms with Crippen LogP contribution in [0.15, 0.2) is 24.3 Å². The van der Waals surface area contributed by atoms with Crippen molar-refractivity contribution in [2.75, 3.05) is 0 Å². The van der Waals surface area contributed by atoms with Gasteiger partial charge in [-0.2, -0.15) is 0 Å². The van der Waals surface area contributed by atoms with Gasteiger partial charge in [-0.05, 0) is 30.5 Å². The predicted octanol–water partition coefficient (Wildman–Crippen LogP) is 0.531. The van der Waals surface area contributed by atoms with Crippen molar-refractivity contribution in [1.82, 2.24) is 0 Å². The molecule has 0 aliphatic rings. The molecule has 0 aliphatic heterocycles. The van der Waals surface area contributed by atoms with Crippen molar-refractivity contribution < 1.29 is 19.4 Å². The number of carboxylic acid groups (broad SMARTS) is 1. The second kappa shape index (κ2) is 5.58. The van der Waals surface area contributed by atoms with Gasteiger partial charge in [0.2, 0.25) is 0 Å². The van der Waals surface area contributed by atoms with Gasteiger partial charge < -0.3 is 15.9 Å². The van der Waals surface area contributed by atoms with Crippen molar-refractivity contribution in [2.24, 2.45) is 5.73 Å². The van der Waals surface area contributed by atoms with Crippen LogP contribution < -0.4 is 5.73 Å². The topological polar surface area (TPSA) is 83.6 Å². The van der Waals surface area contributed by atoms with E-state index in [2.05, 4.69) is 0 Å². The molecule has 0 aliphatic carbocycles. The second-order valence-electron chi connectivity index (χ2n) is 3.60. The number of hydrogen-bond acceptors (Lipinski definition) is 3. The Morgan fingerprint density at radius 3 is 2.44 bits per heavy atom. The van der Waals surface area contributed by atoms with Crippen LogP contribution in [0.25, 0.3) is 0 Å². The van der Waals surface area contributed by atoms with Crippen molar-refractivity contribution in [3.05, 3.63) is 35.6 Å². The molecule has 4 nitrogen and oxygen atoms in total. The molecule has 5 heteroatoms. The van der Waals surface area contributed by atoms with Crippen molar-refractivity contribution in [3.63, 3.8) is 0 Å². The van der Waals surface area contributed by atoms with Gasteiger partial charge in [-0.3, -0.25) is 4.79 Å². The van der Waals surface area contributed by atoms with Gasteiger partial charge in [0.1, 0.15) is 11.9 Å². The van der Waals surface area contributed by atoms with E-state index in [0.717, 1.165) is 5.56 Å². The van der Waals surface area contributed by atoms with E-state index >= 15 is 0 Å². The highest BCUT2D eigenvalue weighted by Gasteiger charge is 2.21. The quantitative estimate of drug-likeness (QED) is 0.685. The molecule has 0 spiro atoms. The Balaban J connectivity index is 2.45. The highest BCUT2D eigenvalue weighted by atomic mass is 19.1. The molecule has 88 valence electrons. The molecule has 1 aromatic carbocycles. The average Bonchev–Trinajstić information content (AvgIpc) is 2.26. The Morgan fingerprint density at radius 2 is 1.94 bits per heavy atom. The summed E-state index contributed by atoms with van der Waals surface area (Å²) < 4.78 is 12.6. The first-order valence-corrected chi connectivity index (χ1v) is 4.91. The van der Waals surface area contributed by atoms with Gasteiger partial charge in [-0.25, -0.2) is 4.39 Å². The fourth-order valence-electron chi connectivity index (χ4n) is 1.31. The third-order valence-corrected chi connectivity index (χ3v) is 2.34. The van der Waals surface area contributed by atoms with Crippen molar-refractivity contribution in [1.29, 1.82) is 0 Å². The molecule has 0 fully saturated rings. The number of aliphatic hydroxyl groups is 1. The second-order valence-corrected chi connectivity index (χ2v) is 3.60. The Bertz CT molecular complexity index is 353. The summed E-state index contributed by atoms with van der Waals surface area (Å²) in [4.78, 5) is 10.5. The van der Waals surface area contributed by atoms with Gasteiger partial charge in [0.05, 0.1) is 6.10 Å². The predicted molar refractivity (Wildman–Crippen MR) is 56.3 cm³/mol. The number of hydrogen-bond donors (Lipinski definition) is 3. The number of carboxylic acids is 1. The monoisotopic (exact) mass is 227 g/mol.